The molecule has 1 fully saturated rings. The maximum atomic E-state index is 13.3. The zero-order valence-electron chi connectivity index (χ0n) is 19.8. The summed E-state index contributed by atoms with van der Waals surface area (Å²) < 4.78 is 11.7. The van der Waals surface area contributed by atoms with Crippen molar-refractivity contribution >= 4 is 17.6 Å². The molecule has 1 aromatic carbocycles. The van der Waals surface area contributed by atoms with E-state index in [0.717, 1.165) is 32.2 Å². The van der Waals surface area contributed by atoms with E-state index in [1.165, 1.54) is 6.42 Å². The molecule has 0 unspecified atom stereocenters. The van der Waals surface area contributed by atoms with E-state index in [1.807, 2.05) is 0 Å². The minimum Gasteiger partial charge on any atom is -0.491 e. The zero-order chi connectivity index (χ0) is 23.1. The van der Waals surface area contributed by atoms with E-state index in [4.69, 9.17) is 9.47 Å². The number of amides is 3. The van der Waals surface area contributed by atoms with Gasteiger partial charge in [-0.25, -0.2) is 4.79 Å². The lowest BCUT2D eigenvalue weighted by Crippen LogP contribution is -2.44. The quantitative estimate of drug-likeness (QED) is 0.663. The summed E-state index contributed by atoms with van der Waals surface area (Å²) in [6, 6.07) is 5.32. The fraction of sp³-hybridized carbons (Fsp3) is 0.667. The molecular formula is C24H38N4O4. The molecule has 0 saturated heterocycles. The molecule has 3 amide bonds. The first-order chi connectivity index (χ1) is 15.4. The van der Waals surface area contributed by atoms with Crippen molar-refractivity contribution in [1.29, 1.82) is 0 Å². The highest BCUT2D eigenvalue weighted by Crippen LogP contribution is 2.26. The number of ether oxygens (including phenoxy) is 2. The van der Waals surface area contributed by atoms with Crippen LogP contribution >= 0.6 is 0 Å². The lowest BCUT2D eigenvalue weighted by atomic mass is 9.96. The average Bonchev–Trinajstić information content (AvgIpc) is 2.79. The summed E-state index contributed by atoms with van der Waals surface area (Å²) in [7, 11) is 3.45. The fourth-order valence-corrected chi connectivity index (χ4v) is 4.34. The van der Waals surface area contributed by atoms with E-state index in [0.29, 0.717) is 30.2 Å². The topological polar surface area (TPSA) is 91.9 Å². The highest BCUT2D eigenvalue weighted by atomic mass is 16.5. The minimum absolute atomic E-state index is 0.0879. The maximum Gasteiger partial charge on any atom is 0.319 e. The van der Waals surface area contributed by atoms with Gasteiger partial charge in [-0.15, -0.1) is 0 Å². The number of carbonyl (C=O) groups is 2. The number of benzene rings is 1. The van der Waals surface area contributed by atoms with Crippen LogP contribution in [0.15, 0.2) is 18.2 Å². The first kappa shape index (κ1) is 24.3. The second-order valence-corrected chi connectivity index (χ2v) is 9.20. The van der Waals surface area contributed by atoms with Crippen molar-refractivity contribution in [2.24, 2.45) is 5.92 Å². The second kappa shape index (κ2) is 11.5. The molecular weight excluding hydrogens is 408 g/mol. The first-order valence-electron chi connectivity index (χ1n) is 11.7. The molecule has 1 saturated carbocycles. The van der Waals surface area contributed by atoms with Gasteiger partial charge in [0.15, 0.2) is 0 Å². The highest BCUT2D eigenvalue weighted by molar-refractivity contribution is 5.99. The van der Waals surface area contributed by atoms with Gasteiger partial charge in [0.2, 0.25) is 0 Å². The molecule has 1 heterocycles. The standard InChI is InChI=1S/C24H38N4O4/c1-16-13-25-17(2)15-32-21-11-10-19(27-24(30)26-18-8-6-5-7-9-18)12-20(21)23(29)28(3)14-22(16)31-4/h10-12,16-18,22,25H,5-9,13-15H2,1-4H3,(H2,26,27,30)/t16-,17+,22+/m1/s1. The van der Waals surface area contributed by atoms with Crippen molar-refractivity contribution in [3.8, 4) is 5.75 Å². The molecule has 178 valence electrons. The van der Waals surface area contributed by atoms with E-state index in [9.17, 15) is 9.59 Å². The molecule has 0 bridgehead atoms. The third-order valence-electron chi connectivity index (χ3n) is 6.42. The Labute approximate surface area is 191 Å². The molecule has 0 radical (unpaired) electrons. The van der Waals surface area contributed by atoms with Crippen LogP contribution in [0.4, 0.5) is 10.5 Å². The van der Waals surface area contributed by atoms with Crippen LogP contribution in [-0.2, 0) is 4.74 Å². The molecule has 8 heteroatoms. The molecule has 1 aliphatic carbocycles. The van der Waals surface area contributed by atoms with Crippen molar-refractivity contribution in [2.45, 2.75) is 64.1 Å². The smallest absolute Gasteiger partial charge is 0.319 e. The number of carbonyl (C=O) groups excluding carboxylic acids is 2. The van der Waals surface area contributed by atoms with Gasteiger partial charge in [-0.3, -0.25) is 4.79 Å². The Bertz CT molecular complexity index is 781. The fourth-order valence-electron chi connectivity index (χ4n) is 4.34. The van der Waals surface area contributed by atoms with E-state index in [2.05, 4.69) is 29.8 Å². The van der Waals surface area contributed by atoms with Crippen molar-refractivity contribution in [3.05, 3.63) is 23.8 Å². The number of likely N-dealkylation sites (N-methyl/N-ethyl adjacent to an activating group) is 1. The molecule has 3 N–H and O–H groups in total. The van der Waals surface area contributed by atoms with Gasteiger partial charge in [0.1, 0.15) is 12.4 Å². The van der Waals surface area contributed by atoms with Crippen LogP contribution in [0.3, 0.4) is 0 Å². The molecule has 1 aromatic rings. The van der Waals surface area contributed by atoms with Gasteiger partial charge in [0, 0.05) is 45.0 Å². The van der Waals surface area contributed by atoms with Gasteiger partial charge in [-0.1, -0.05) is 26.2 Å². The van der Waals surface area contributed by atoms with Crippen LogP contribution in [0.2, 0.25) is 0 Å². The number of fused-ring (bicyclic) bond motifs is 1. The Balaban J connectivity index is 1.78. The molecule has 8 nitrogen and oxygen atoms in total. The largest absolute Gasteiger partial charge is 0.491 e. The molecule has 2 aliphatic rings. The van der Waals surface area contributed by atoms with Gasteiger partial charge in [0.05, 0.1) is 11.7 Å². The molecule has 3 rings (SSSR count). The molecule has 0 spiro atoms. The lowest BCUT2D eigenvalue weighted by molar-refractivity contribution is 0.0281. The summed E-state index contributed by atoms with van der Waals surface area (Å²) in [5, 5.41) is 9.40. The number of nitrogens with zero attached hydrogens (tertiary/aromatic N) is 1. The Morgan fingerprint density at radius 2 is 1.97 bits per heavy atom. The van der Waals surface area contributed by atoms with Crippen LogP contribution in [0, 0.1) is 5.92 Å². The summed E-state index contributed by atoms with van der Waals surface area (Å²) in [6.07, 6.45) is 5.47. The van der Waals surface area contributed by atoms with Gasteiger partial charge in [0.25, 0.3) is 5.91 Å². The molecule has 1 aliphatic heterocycles. The predicted octanol–water partition coefficient (Wildman–Crippen LogP) is 3.23. The van der Waals surface area contributed by atoms with Crippen molar-refractivity contribution in [1.82, 2.24) is 15.5 Å². The number of hydrogen-bond acceptors (Lipinski definition) is 5. The SMILES string of the molecule is CO[C@H]1CN(C)C(=O)c2cc(NC(=O)NC3CCCCC3)ccc2OC[C@H](C)NC[C@H]1C. The van der Waals surface area contributed by atoms with Gasteiger partial charge in [-0.05, 0) is 43.9 Å². The summed E-state index contributed by atoms with van der Waals surface area (Å²) >= 11 is 0. The number of nitrogens with one attached hydrogen (secondary N) is 3. The number of rotatable bonds is 3. The summed E-state index contributed by atoms with van der Waals surface area (Å²) in [4.78, 5) is 27.4. The third-order valence-corrected chi connectivity index (χ3v) is 6.42. The van der Waals surface area contributed by atoms with E-state index >= 15 is 0 Å². The Hall–Kier alpha value is -2.32. The number of anilines is 1. The van der Waals surface area contributed by atoms with Gasteiger partial charge >= 0.3 is 6.03 Å². The van der Waals surface area contributed by atoms with Gasteiger partial charge < -0.3 is 30.3 Å². The number of hydrogen-bond donors (Lipinski definition) is 3. The van der Waals surface area contributed by atoms with E-state index in [-0.39, 0.29) is 36.0 Å². The summed E-state index contributed by atoms with van der Waals surface area (Å²) in [5.74, 6) is 0.580. The van der Waals surface area contributed by atoms with Crippen LogP contribution in [0.25, 0.3) is 0 Å². The minimum atomic E-state index is -0.238. The monoisotopic (exact) mass is 446 g/mol. The second-order valence-electron chi connectivity index (χ2n) is 9.20. The zero-order valence-corrected chi connectivity index (χ0v) is 19.8. The molecule has 32 heavy (non-hydrogen) atoms. The van der Waals surface area contributed by atoms with Gasteiger partial charge in [-0.2, -0.15) is 0 Å². The maximum absolute atomic E-state index is 13.3. The van der Waals surface area contributed by atoms with Crippen LogP contribution in [0.1, 0.15) is 56.3 Å². The van der Waals surface area contributed by atoms with Crippen LogP contribution in [0.5, 0.6) is 5.75 Å². The first-order valence-corrected chi connectivity index (χ1v) is 11.7. The Kier molecular flexibility index (Phi) is 8.75. The molecule has 3 atom stereocenters. The summed E-state index contributed by atoms with van der Waals surface area (Å²) in [6.45, 7) is 5.84. The third kappa shape index (κ3) is 6.59. The Morgan fingerprint density at radius 3 is 2.69 bits per heavy atom. The summed E-state index contributed by atoms with van der Waals surface area (Å²) in [5.41, 5.74) is 0.996. The lowest BCUT2D eigenvalue weighted by Gasteiger charge is -2.30. The molecule has 0 aromatic heterocycles. The van der Waals surface area contributed by atoms with E-state index < -0.39 is 0 Å². The number of urea groups is 1. The van der Waals surface area contributed by atoms with Crippen molar-refractivity contribution in [3.63, 3.8) is 0 Å². The Morgan fingerprint density at radius 1 is 1.22 bits per heavy atom. The number of methoxy groups -OCH3 is 1. The van der Waals surface area contributed by atoms with Crippen LogP contribution < -0.4 is 20.7 Å². The average molecular weight is 447 g/mol. The van der Waals surface area contributed by atoms with E-state index in [1.54, 1.807) is 37.3 Å². The predicted molar refractivity (Wildman–Crippen MR) is 125 cm³/mol. The van der Waals surface area contributed by atoms with Crippen molar-refractivity contribution in [2.75, 3.05) is 39.2 Å². The normalized spacial score (nSPS) is 25.7. The highest BCUT2D eigenvalue weighted by Gasteiger charge is 2.26. The van der Waals surface area contributed by atoms with Crippen LogP contribution in [-0.4, -0.2) is 68.9 Å². The van der Waals surface area contributed by atoms with Crippen molar-refractivity contribution < 1.29 is 19.1 Å².